The minimum Gasteiger partial charge on any atom is -0.493 e. The Bertz CT molecular complexity index is 385. The SMILES string of the molecule is CC=CCc1ccc(OC)c(OC)c1OOC. The van der Waals surface area contributed by atoms with Gasteiger partial charge >= 0.3 is 0 Å². The van der Waals surface area contributed by atoms with Crippen LogP contribution in [0.15, 0.2) is 24.3 Å². The summed E-state index contributed by atoms with van der Waals surface area (Å²) < 4.78 is 10.5. The Kier molecular flexibility index (Phi) is 5.36. The van der Waals surface area contributed by atoms with E-state index in [9.17, 15) is 0 Å². The maximum Gasteiger partial charge on any atom is 0.214 e. The summed E-state index contributed by atoms with van der Waals surface area (Å²) in [5, 5.41) is 0. The van der Waals surface area contributed by atoms with Crippen molar-refractivity contribution < 1.29 is 19.2 Å². The Balaban J connectivity index is 3.20. The van der Waals surface area contributed by atoms with Gasteiger partial charge in [0, 0.05) is 5.56 Å². The van der Waals surface area contributed by atoms with Gasteiger partial charge in [0.1, 0.15) is 0 Å². The first kappa shape index (κ1) is 13.4. The molecule has 4 nitrogen and oxygen atoms in total. The molecule has 0 saturated carbocycles. The summed E-state index contributed by atoms with van der Waals surface area (Å²) in [6.07, 6.45) is 4.76. The molecule has 0 unspecified atom stereocenters. The van der Waals surface area contributed by atoms with Crippen molar-refractivity contribution in [1.82, 2.24) is 0 Å². The van der Waals surface area contributed by atoms with E-state index in [1.807, 2.05) is 31.2 Å². The molecule has 94 valence electrons. The first-order valence-electron chi connectivity index (χ1n) is 5.34. The predicted octanol–water partition coefficient (Wildman–Crippen LogP) is 2.76. The number of methoxy groups -OCH3 is 2. The maximum atomic E-state index is 5.29. The van der Waals surface area contributed by atoms with Crippen LogP contribution in [0.3, 0.4) is 0 Å². The third kappa shape index (κ3) is 3.14. The Labute approximate surface area is 102 Å². The van der Waals surface area contributed by atoms with Crippen molar-refractivity contribution in [3.8, 4) is 17.2 Å². The van der Waals surface area contributed by atoms with Crippen LogP contribution in [0.4, 0.5) is 0 Å². The minimum absolute atomic E-state index is 0.538. The van der Waals surface area contributed by atoms with Gasteiger partial charge in [-0.15, -0.1) is 0 Å². The second-order valence-electron chi connectivity index (χ2n) is 3.31. The lowest BCUT2D eigenvalue weighted by atomic mass is 10.1. The van der Waals surface area contributed by atoms with Crippen molar-refractivity contribution in [1.29, 1.82) is 0 Å². The first-order valence-corrected chi connectivity index (χ1v) is 5.34. The average Bonchev–Trinajstić information content (AvgIpc) is 2.37. The van der Waals surface area contributed by atoms with E-state index in [2.05, 4.69) is 0 Å². The number of benzene rings is 1. The molecule has 4 heteroatoms. The maximum absolute atomic E-state index is 5.29. The summed E-state index contributed by atoms with van der Waals surface area (Å²) >= 11 is 0. The monoisotopic (exact) mass is 238 g/mol. The van der Waals surface area contributed by atoms with Gasteiger partial charge in [-0.1, -0.05) is 18.2 Å². The molecule has 0 spiro atoms. The van der Waals surface area contributed by atoms with Crippen LogP contribution < -0.4 is 14.4 Å². The van der Waals surface area contributed by atoms with Crippen molar-refractivity contribution in [2.75, 3.05) is 21.3 Å². The highest BCUT2D eigenvalue weighted by molar-refractivity contribution is 5.56. The smallest absolute Gasteiger partial charge is 0.214 e. The summed E-state index contributed by atoms with van der Waals surface area (Å²) in [5.74, 6) is 1.70. The first-order chi connectivity index (χ1) is 8.28. The van der Waals surface area contributed by atoms with Crippen LogP contribution in [0.25, 0.3) is 0 Å². The Hall–Kier alpha value is -1.68. The molecular weight excluding hydrogens is 220 g/mol. The molecule has 0 aliphatic carbocycles. The van der Waals surface area contributed by atoms with Gasteiger partial charge in [0.25, 0.3) is 0 Å². The fraction of sp³-hybridized carbons (Fsp3) is 0.385. The summed E-state index contributed by atoms with van der Waals surface area (Å²) in [4.78, 5) is 9.89. The highest BCUT2D eigenvalue weighted by Gasteiger charge is 2.16. The molecule has 0 heterocycles. The molecule has 1 aromatic carbocycles. The van der Waals surface area contributed by atoms with E-state index in [0.29, 0.717) is 17.2 Å². The summed E-state index contributed by atoms with van der Waals surface area (Å²) in [5.41, 5.74) is 0.975. The number of hydrogen-bond donors (Lipinski definition) is 0. The molecule has 0 atom stereocenters. The molecule has 0 bridgehead atoms. The molecule has 0 aliphatic rings. The van der Waals surface area contributed by atoms with Crippen LogP contribution in [0.2, 0.25) is 0 Å². The molecule has 0 saturated heterocycles. The molecule has 1 rings (SSSR count). The fourth-order valence-electron chi connectivity index (χ4n) is 1.52. The second-order valence-corrected chi connectivity index (χ2v) is 3.31. The molecule has 0 radical (unpaired) electrons. The standard InChI is InChI=1S/C13H18O4/c1-5-6-7-10-8-9-11(14-2)13(15-3)12(10)17-16-4/h5-6,8-9H,7H2,1-4H3. The van der Waals surface area contributed by atoms with Gasteiger partial charge < -0.3 is 14.4 Å². The highest BCUT2D eigenvalue weighted by Crippen LogP contribution is 2.40. The Morgan fingerprint density at radius 2 is 1.82 bits per heavy atom. The average molecular weight is 238 g/mol. The van der Waals surface area contributed by atoms with Crippen LogP contribution in [0.1, 0.15) is 12.5 Å². The number of ether oxygens (including phenoxy) is 2. The van der Waals surface area contributed by atoms with Crippen LogP contribution >= 0.6 is 0 Å². The largest absolute Gasteiger partial charge is 0.493 e. The van der Waals surface area contributed by atoms with Gasteiger partial charge in [0.05, 0.1) is 21.3 Å². The lowest BCUT2D eigenvalue weighted by Gasteiger charge is -2.14. The molecule has 1 aromatic rings. The highest BCUT2D eigenvalue weighted by atomic mass is 17.2. The zero-order valence-electron chi connectivity index (χ0n) is 10.6. The van der Waals surface area contributed by atoms with Gasteiger partial charge in [0.15, 0.2) is 5.75 Å². The fourth-order valence-corrected chi connectivity index (χ4v) is 1.52. The van der Waals surface area contributed by atoms with E-state index in [1.54, 1.807) is 14.2 Å². The van der Waals surface area contributed by atoms with Crippen molar-refractivity contribution >= 4 is 0 Å². The van der Waals surface area contributed by atoms with Crippen LogP contribution in [0.5, 0.6) is 17.2 Å². The van der Waals surface area contributed by atoms with E-state index in [0.717, 1.165) is 12.0 Å². The third-order valence-electron chi connectivity index (χ3n) is 2.32. The Morgan fingerprint density at radius 3 is 2.35 bits per heavy atom. The molecule has 0 fully saturated rings. The Morgan fingerprint density at radius 1 is 1.06 bits per heavy atom. The van der Waals surface area contributed by atoms with Crippen molar-refractivity contribution in [3.63, 3.8) is 0 Å². The number of hydrogen-bond acceptors (Lipinski definition) is 4. The van der Waals surface area contributed by atoms with E-state index in [-0.39, 0.29) is 0 Å². The van der Waals surface area contributed by atoms with Crippen LogP contribution in [-0.2, 0) is 11.3 Å². The van der Waals surface area contributed by atoms with Gasteiger partial charge in [-0.05, 0) is 19.4 Å². The molecular formula is C13H18O4. The lowest BCUT2D eigenvalue weighted by Crippen LogP contribution is -2.00. The van der Waals surface area contributed by atoms with Crippen LogP contribution in [0, 0.1) is 0 Å². The van der Waals surface area contributed by atoms with E-state index in [4.69, 9.17) is 19.2 Å². The van der Waals surface area contributed by atoms with Crippen LogP contribution in [-0.4, -0.2) is 21.3 Å². The lowest BCUT2D eigenvalue weighted by molar-refractivity contribution is -0.179. The second kappa shape index (κ2) is 6.81. The van der Waals surface area contributed by atoms with Gasteiger partial charge in [-0.2, -0.15) is 4.89 Å². The van der Waals surface area contributed by atoms with Gasteiger partial charge in [0.2, 0.25) is 11.5 Å². The third-order valence-corrected chi connectivity index (χ3v) is 2.32. The van der Waals surface area contributed by atoms with Crippen molar-refractivity contribution in [2.24, 2.45) is 0 Å². The zero-order chi connectivity index (χ0) is 12.7. The molecule has 0 amide bonds. The van der Waals surface area contributed by atoms with Crippen molar-refractivity contribution in [3.05, 3.63) is 29.8 Å². The minimum atomic E-state index is 0.538. The quantitative estimate of drug-likeness (QED) is 0.434. The van der Waals surface area contributed by atoms with E-state index < -0.39 is 0 Å². The summed E-state index contributed by atoms with van der Waals surface area (Å²) in [7, 11) is 4.61. The topological polar surface area (TPSA) is 36.9 Å². The molecule has 0 aromatic heterocycles. The molecule has 0 N–H and O–H groups in total. The van der Waals surface area contributed by atoms with Crippen molar-refractivity contribution in [2.45, 2.75) is 13.3 Å². The summed E-state index contributed by atoms with van der Waals surface area (Å²) in [6.45, 7) is 1.97. The van der Waals surface area contributed by atoms with E-state index >= 15 is 0 Å². The zero-order valence-corrected chi connectivity index (χ0v) is 10.6. The predicted molar refractivity (Wildman–Crippen MR) is 65.7 cm³/mol. The van der Waals surface area contributed by atoms with Gasteiger partial charge in [-0.25, -0.2) is 0 Å². The number of rotatable bonds is 6. The van der Waals surface area contributed by atoms with E-state index in [1.165, 1.54) is 7.11 Å². The van der Waals surface area contributed by atoms with Gasteiger partial charge in [-0.3, -0.25) is 0 Å². The molecule has 17 heavy (non-hydrogen) atoms. The molecule has 0 aliphatic heterocycles. The normalized spacial score (nSPS) is 10.6. The summed E-state index contributed by atoms with van der Waals surface area (Å²) in [6, 6.07) is 3.77. The number of allylic oxidation sites excluding steroid dienone is 2.